The summed E-state index contributed by atoms with van der Waals surface area (Å²) < 4.78 is 43.6. The molecule has 1 aromatic heterocycles. The zero-order chi connectivity index (χ0) is 37.3. The number of fused-ring (bicyclic) bond motifs is 1. The van der Waals surface area contributed by atoms with Crippen molar-refractivity contribution in [1.29, 1.82) is 0 Å². The molecule has 12 heteroatoms. The number of ether oxygens (including phenoxy) is 2. The Hall–Kier alpha value is -5.04. The highest BCUT2D eigenvalue weighted by molar-refractivity contribution is 7.92. The van der Waals surface area contributed by atoms with Crippen molar-refractivity contribution in [2.45, 2.75) is 100 Å². The molecule has 2 fully saturated rings. The lowest BCUT2D eigenvalue weighted by molar-refractivity contribution is -0.124. The summed E-state index contributed by atoms with van der Waals surface area (Å²) in [6.45, 7) is 0.578. The van der Waals surface area contributed by atoms with E-state index in [1.165, 1.54) is 16.8 Å². The van der Waals surface area contributed by atoms with Gasteiger partial charge in [0.05, 0.1) is 42.4 Å². The van der Waals surface area contributed by atoms with Crippen LogP contribution in [0.15, 0.2) is 114 Å². The number of amides is 2. The number of nitrogens with zero attached hydrogens (tertiary/aromatic N) is 2. The van der Waals surface area contributed by atoms with Crippen molar-refractivity contribution in [2.24, 2.45) is 0 Å². The maximum atomic E-state index is 14.0. The Morgan fingerprint density at radius 2 is 1.22 bits per heavy atom. The molecule has 0 saturated heterocycles. The molecule has 0 spiro atoms. The van der Waals surface area contributed by atoms with Gasteiger partial charge < -0.3 is 20.1 Å². The fourth-order valence-corrected chi connectivity index (χ4v) is 8.43. The molecule has 0 aliphatic heterocycles. The van der Waals surface area contributed by atoms with Crippen LogP contribution in [0.4, 0.5) is 5.82 Å². The second-order valence-electron chi connectivity index (χ2n) is 14.2. The number of rotatable bonds is 14. The summed E-state index contributed by atoms with van der Waals surface area (Å²) in [5.74, 6) is -0.880. The standard InChI is InChI=1S/C42H47N5O6S/c48-41(43-35-19-9-11-21-38(35)52-28-30-13-3-1-4-14-30)27-47-37(42(49)44-36-20-10-12-22-39(36)53-29-31-15-5-2-6-16-31)26-40(45-47)46-54(50,51)34-24-23-32-17-7-8-18-33(32)25-34/h1-8,13-18,23-26,35-36,38-39H,9-12,19-22,27-29H2,(H,43,48)(H,44,49)(H,45,46)/t35-,36-,38-,39-/m0/s1. The molecule has 1 heterocycles. The Morgan fingerprint density at radius 1 is 0.667 bits per heavy atom. The van der Waals surface area contributed by atoms with Gasteiger partial charge in [0, 0.05) is 6.07 Å². The minimum atomic E-state index is -4.09. The normalized spacial score (nSPS) is 20.3. The fourth-order valence-electron chi connectivity index (χ4n) is 7.41. The van der Waals surface area contributed by atoms with Gasteiger partial charge in [-0.3, -0.25) is 14.3 Å². The van der Waals surface area contributed by atoms with Crippen LogP contribution >= 0.6 is 0 Å². The highest BCUT2D eigenvalue weighted by atomic mass is 32.2. The Bertz CT molecular complexity index is 2140. The fraction of sp³-hybridized carbons (Fsp3) is 0.357. The number of benzene rings is 4. The van der Waals surface area contributed by atoms with Gasteiger partial charge in [0.15, 0.2) is 5.82 Å². The van der Waals surface area contributed by atoms with Crippen LogP contribution in [0, 0.1) is 0 Å². The van der Waals surface area contributed by atoms with E-state index in [4.69, 9.17) is 9.47 Å². The van der Waals surface area contributed by atoms with Gasteiger partial charge in [-0.2, -0.15) is 5.10 Å². The quantitative estimate of drug-likeness (QED) is 0.114. The van der Waals surface area contributed by atoms with E-state index in [1.807, 2.05) is 84.9 Å². The average Bonchev–Trinajstić information content (AvgIpc) is 3.58. The van der Waals surface area contributed by atoms with E-state index in [0.717, 1.165) is 73.3 Å². The van der Waals surface area contributed by atoms with Crippen molar-refractivity contribution in [1.82, 2.24) is 20.4 Å². The van der Waals surface area contributed by atoms with Crippen molar-refractivity contribution >= 4 is 38.4 Å². The summed E-state index contributed by atoms with van der Waals surface area (Å²) in [5.41, 5.74) is 2.17. The van der Waals surface area contributed by atoms with Crippen molar-refractivity contribution in [3.05, 3.63) is 126 Å². The second-order valence-corrected chi connectivity index (χ2v) is 15.9. The molecule has 4 aromatic carbocycles. The number of sulfonamides is 1. The van der Waals surface area contributed by atoms with Crippen molar-refractivity contribution in [3.63, 3.8) is 0 Å². The first-order valence-corrected chi connectivity index (χ1v) is 20.3. The summed E-state index contributed by atoms with van der Waals surface area (Å²) in [6.07, 6.45) is 6.64. The number of hydrogen-bond acceptors (Lipinski definition) is 7. The lowest BCUT2D eigenvalue weighted by Crippen LogP contribution is -2.48. The molecule has 0 radical (unpaired) electrons. The predicted octanol–water partition coefficient (Wildman–Crippen LogP) is 6.74. The molecule has 7 rings (SSSR count). The van der Waals surface area contributed by atoms with E-state index < -0.39 is 15.9 Å². The number of nitrogens with one attached hydrogen (secondary N) is 3. The van der Waals surface area contributed by atoms with Gasteiger partial charge in [0.2, 0.25) is 5.91 Å². The van der Waals surface area contributed by atoms with Crippen LogP contribution in [0.1, 0.15) is 73.0 Å². The number of aromatic nitrogens is 2. The van der Waals surface area contributed by atoms with Gasteiger partial charge in [0.25, 0.3) is 15.9 Å². The van der Waals surface area contributed by atoms with Crippen LogP contribution in [-0.4, -0.2) is 54.3 Å². The maximum Gasteiger partial charge on any atom is 0.269 e. The molecule has 5 aromatic rings. The van der Waals surface area contributed by atoms with Gasteiger partial charge in [-0.05, 0) is 59.7 Å². The van der Waals surface area contributed by atoms with Crippen LogP contribution in [0.5, 0.6) is 0 Å². The highest BCUT2D eigenvalue weighted by Gasteiger charge is 2.31. The zero-order valence-electron chi connectivity index (χ0n) is 30.2. The molecule has 0 unspecified atom stereocenters. The summed E-state index contributed by atoms with van der Waals surface area (Å²) in [5, 5.41) is 12.4. The molecule has 54 heavy (non-hydrogen) atoms. The average molecular weight is 750 g/mol. The summed E-state index contributed by atoms with van der Waals surface area (Å²) in [6, 6.07) is 33.1. The first-order chi connectivity index (χ1) is 26.3. The molecule has 3 N–H and O–H groups in total. The molecular formula is C42H47N5O6S. The molecule has 2 aliphatic carbocycles. The third-order valence-electron chi connectivity index (χ3n) is 10.3. The molecule has 2 aliphatic rings. The molecule has 4 atom stereocenters. The smallest absolute Gasteiger partial charge is 0.269 e. The first-order valence-electron chi connectivity index (χ1n) is 18.8. The Morgan fingerprint density at radius 3 is 1.85 bits per heavy atom. The minimum absolute atomic E-state index is 0.0546. The van der Waals surface area contributed by atoms with Crippen molar-refractivity contribution < 1.29 is 27.5 Å². The summed E-state index contributed by atoms with van der Waals surface area (Å²) >= 11 is 0. The van der Waals surface area contributed by atoms with Gasteiger partial charge in [-0.25, -0.2) is 13.1 Å². The lowest BCUT2D eigenvalue weighted by Gasteiger charge is -2.32. The van der Waals surface area contributed by atoms with E-state index >= 15 is 0 Å². The molecule has 11 nitrogen and oxygen atoms in total. The van der Waals surface area contributed by atoms with Crippen molar-refractivity contribution in [2.75, 3.05) is 4.72 Å². The molecule has 2 saturated carbocycles. The molecule has 2 amide bonds. The summed E-state index contributed by atoms with van der Waals surface area (Å²) in [7, 11) is -4.09. The van der Waals surface area contributed by atoms with E-state index in [-0.39, 0.29) is 53.2 Å². The number of carbonyl (C=O) groups is 2. The van der Waals surface area contributed by atoms with Crippen LogP contribution in [0.3, 0.4) is 0 Å². The maximum absolute atomic E-state index is 14.0. The Labute approximate surface area is 316 Å². The van der Waals surface area contributed by atoms with Gasteiger partial charge in [-0.1, -0.05) is 117 Å². The SMILES string of the molecule is O=C(Cn1nc(NS(=O)(=O)c2ccc3ccccc3c2)cc1C(=O)N[C@H]1CCCC[C@@H]1OCc1ccccc1)N[C@H]1CCCC[C@@H]1OCc1ccccc1. The predicted molar refractivity (Wildman–Crippen MR) is 207 cm³/mol. The van der Waals surface area contributed by atoms with Crippen LogP contribution in [-0.2, 0) is 44.1 Å². The van der Waals surface area contributed by atoms with E-state index in [2.05, 4.69) is 20.5 Å². The number of carbonyl (C=O) groups excluding carboxylic acids is 2. The van der Waals surface area contributed by atoms with E-state index in [0.29, 0.717) is 13.2 Å². The number of anilines is 1. The van der Waals surface area contributed by atoms with E-state index in [9.17, 15) is 18.0 Å². The van der Waals surface area contributed by atoms with Crippen LogP contribution < -0.4 is 15.4 Å². The monoisotopic (exact) mass is 749 g/mol. The van der Waals surface area contributed by atoms with Crippen molar-refractivity contribution in [3.8, 4) is 0 Å². The first kappa shape index (κ1) is 37.3. The third-order valence-corrected chi connectivity index (χ3v) is 11.6. The molecule has 282 valence electrons. The van der Waals surface area contributed by atoms with Gasteiger partial charge in [-0.15, -0.1) is 0 Å². The van der Waals surface area contributed by atoms with Crippen LogP contribution in [0.25, 0.3) is 10.8 Å². The number of hydrogen-bond donors (Lipinski definition) is 3. The zero-order valence-corrected chi connectivity index (χ0v) is 31.0. The molecule has 0 bridgehead atoms. The topological polar surface area (TPSA) is 141 Å². The second kappa shape index (κ2) is 17.4. The van der Waals surface area contributed by atoms with Crippen LogP contribution in [0.2, 0.25) is 0 Å². The minimum Gasteiger partial charge on any atom is -0.371 e. The Kier molecular flexibility index (Phi) is 12.0. The highest BCUT2D eigenvalue weighted by Crippen LogP contribution is 2.26. The largest absolute Gasteiger partial charge is 0.371 e. The van der Waals surface area contributed by atoms with Gasteiger partial charge in [0.1, 0.15) is 12.2 Å². The Balaban J connectivity index is 1.09. The molecular weight excluding hydrogens is 703 g/mol. The summed E-state index contributed by atoms with van der Waals surface area (Å²) in [4.78, 5) is 27.8. The lowest BCUT2D eigenvalue weighted by atomic mass is 9.92. The third kappa shape index (κ3) is 9.54. The van der Waals surface area contributed by atoms with E-state index in [1.54, 1.807) is 12.1 Å². The van der Waals surface area contributed by atoms with Gasteiger partial charge >= 0.3 is 0 Å².